The van der Waals surface area contributed by atoms with Crippen molar-refractivity contribution >= 4 is 5.91 Å². The van der Waals surface area contributed by atoms with Crippen molar-refractivity contribution in [1.29, 1.82) is 0 Å². The Hall–Kier alpha value is -1.49. The minimum Gasteiger partial charge on any atom is -0.335 e. The predicted octanol–water partition coefficient (Wildman–Crippen LogP) is 1.84. The maximum absolute atomic E-state index is 13.6. The fourth-order valence-corrected chi connectivity index (χ4v) is 2.72. The minimum atomic E-state index is -0.811. The zero-order valence-corrected chi connectivity index (χ0v) is 10.7. The number of nitrogens with zero attached hydrogens (tertiary/aromatic N) is 1. The fourth-order valence-electron chi connectivity index (χ4n) is 2.72. The SMILES string of the molecule is Cc1cc(C(=O)N2CC(N)(C3CC3)C2)c(F)cc1F. The third-order valence-electron chi connectivity index (χ3n) is 4.13. The third-order valence-corrected chi connectivity index (χ3v) is 4.13. The molecule has 1 saturated carbocycles. The molecular weight excluding hydrogens is 250 g/mol. The number of hydrogen-bond donors (Lipinski definition) is 1. The summed E-state index contributed by atoms with van der Waals surface area (Å²) in [6.45, 7) is 2.44. The van der Waals surface area contributed by atoms with E-state index in [0.29, 0.717) is 19.0 Å². The molecule has 1 aliphatic heterocycles. The first-order valence-electron chi connectivity index (χ1n) is 6.44. The average molecular weight is 266 g/mol. The number of carbonyl (C=O) groups is 1. The first-order valence-corrected chi connectivity index (χ1v) is 6.44. The van der Waals surface area contributed by atoms with E-state index in [9.17, 15) is 13.6 Å². The molecule has 1 aliphatic carbocycles. The summed E-state index contributed by atoms with van der Waals surface area (Å²) >= 11 is 0. The predicted molar refractivity (Wildman–Crippen MR) is 66.6 cm³/mol. The molecule has 0 atom stereocenters. The molecule has 0 unspecified atom stereocenters. The summed E-state index contributed by atoms with van der Waals surface area (Å²) in [6, 6.07) is 2.03. The van der Waals surface area contributed by atoms with Gasteiger partial charge in [0.05, 0.1) is 11.1 Å². The van der Waals surface area contributed by atoms with Crippen LogP contribution in [0.5, 0.6) is 0 Å². The number of hydrogen-bond acceptors (Lipinski definition) is 2. The van der Waals surface area contributed by atoms with Crippen LogP contribution in [0.1, 0.15) is 28.8 Å². The Morgan fingerprint density at radius 3 is 2.53 bits per heavy atom. The number of benzene rings is 1. The smallest absolute Gasteiger partial charge is 0.256 e. The van der Waals surface area contributed by atoms with Crippen LogP contribution in [0.2, 0.25) is 0 Å². The molecule has 0 aromatic heterocycles. The highest BCUT2D eigenvalue weighted by molar-refractivity contribution is 5.95. The molecular formula is C14H16F2N2O. The standard InChI is InChI=1S/C14H16F2N2O/c1-8-4-10(12(16)5-11(8)15)13(19)18-6-14(17,7-18)9-2-3-9/h4-5,9H,2-3,6-7,17H2,1H3. The molecule has 1 aromatic rings. The van der Waals surface area contributed by atoms with Gasteiger partial charge in [-0.05, 0) is 37.3 Å². The molecule has 0 bridgehead atoms. The third kappa shape index (κ3) is 2.02. The van der Waals surface area contributed by atoms with E-state index in [2.05, 4.69) is 0 Å². The van der Waals surface area contributed by atoms with Gasteiger partial charge >= 0.3 is 0 Å². The summed E-state index contributed by atoms with van der Waals surface area (Å²) in [4.78, 5) is 13.7. The van der Waals surface area contributed by atoms with Gasteiger partial charge in [0.2, 0.25) is 0 Å². The summed E-state index contributed by atoms with van der Waals surface area (Å²) < 4.78 is 26.8. The average Bonchev–Trinajstić information content (AvgIpc) is 3.13. The Kier molecular flexibility index (Phi) is 2.64. The summed E-state index contributed by atoms with van der Waals surface area (Å²) in [7, 11) is 0. The number of rotatable bonds is 2. The van der Waals surface area contributed by atoms with Gasteiger partial charge in [0, 0.05) is 19.2 Å². The fraction of sp³-hybridized carbons (Fsp3) is 0.500. The lowest BCUT2D eigenvalue weighted by molar-refractivity contribution is 0.0346. The zero-order chi connectivity index (χ0) is 13.8. The van der Waals surface area contributed by atoms with Gasteiger partial charge in [0.15, 0.2) is 0 Å². The van der Waals surface area contributed by atoms with Crippen LogP contribution in [0.15, 0.2) is 12.1 Å². The van der Waals surface area contributed by atoms with Crippen molar-refractivity contribution in [3.05, 3.63) is 34.9 Å². The monoisotopic (exact) mass is 266 g/mol. The molecule has 1 saturated heterocycles. The molecule has 0 radical (unpaired) electrons. The molecule has 2 N–H and O–H groups in total. The van der Waals surface area contributed by atoms with Crippen LogP contribution < -0.4 is 5.73 Å². The molecule has 1 amide bonds. The van der Waals surface area contributed by atoms with Gasteiger partial charge in [-0.3, -0.25) is 4.79 Å². The van der Waals surface area contributed by atoms with E-state index in [0.717, 1.165) is 18.9 Å². The van der Waals surface area contributed by atoms with Crippen molar-refractivity contribution in [3.63, 3.8) is 0 Å². The number of nitrogens with two attached hydrogens (primary N) is 1. The Morgan fingerprint density at radius 1 is 1.32 bits per heavy atom. The van der Waals surface area contributed by atoms with E-state index in [1.54, 1.807) is 0 Å². The lowest BCUT2D eigenvalue weighted by atomic mass is 9.85. The molecule has 19 heavy (non-hydrogen) atoms. The Bertz CT molecular complexity index is 549. The highest BCUT2D eigenvalue weighted by atomic mass is 19.1. The van der Waals surface area contributed by atoms with Crippen LogP contribution in [0.4, 0.5) is 8.78 Å². The molecule has 2 fully saturated rings. The number of aryl methyl sites for hydroxylation is 1. The number of halogens is 2. The molecule has 102 valence electrons. The number of likely N-dealkylation sites (tertiary alicyclic amines) is 1. The normalized spacial score (nSPS) is 21.2. The number of amides is 1. The van der Waals surface area contributed by atoms with E-state index in [4.69, 9.17) is 5.73 Å². The van der Waals surface area contributed by atoms with Gasteiger partial charge in [0.1, 0.15) is 11.6 Å². The van der Waals surface area contributed by atoms with Gasteiger partial charge < -0.3 is 10.6 Å². The summed E-state index contributed by atoms with van der Waals surface area (Å²) in [5, 5.41) is 0. The van der Waals surface area contributed by atoms with Crippen LogP contribution in [-0.2, 0) is 0 Å². The lowest BCUT2D eigenvalue weighted by Gasteiger charge is -2.48. The van der Waals surface area contributed by atoms with Crippen LogP contribution in [-0.4, -0.2) is 29.4 Å². The van der Waals surface area contributed by atoms with E-state index in [1.165, 1.54) is 17.9 Å². The molecule has 5 heteroatoms. The molecule has 3 rings (SSSR count). The highest BCUT2D eigenvalue weighted by Crippen LogP contribution is 2.43. The molecule has 0 spiro atoms. The van der Waals surface area contributed by atoms with E-state index in [-0.39, 0.29) is 16.7 Å². The first kappa shape index (κ1) is 12.5. The van der Waals surface area contributed by atoms with Crippen molar-refractivity contribution in [1.82, 2.24) is 4.90 Å². The highest BCUT2D eigenvalue weighted by Gasteiger charge is 2.51. The van der Waals surface area contributed by atoms with Gasteiger partial charge in [0.25, 0.3) is 5.91 Å². The maximum atomic E-state index is 13.6. The molecule has 3 nitrogen and oxygen atoms in total. The zero-order valence-electron chi connectivity index (χ0n) is 10.7. The minimum absolute atomic E-state index is 0.0725. The van der Waals surface area contributed by atoms with Gasteiger partial charge in [-0.2, -0.15) is 0 Å². The largest absolute Gasteiger partial charge is 0.335 e. The van der Waals surface area contributed by atoms with Crippen molar-refractivity contribution < 1.29 is 13.6 Å². The van der Waals surface area contributed by atoms with Crippen molar-refractivity contribution in [3.8, 4) is 0 Å². The topological polar surface area (TPSA) is 46.3 Å². The van der Waals surface area contributed by atoms with Crippen LogP contribution in [0.25, 0.3) is 0 Å². The Morgan fingerprint density at radius 2 is 1.95 bits per heavy atom. The summed E-state index contributed by atoms with van der Waals surface area (Å²) in [6.07, 6.45) is 2.23. The second-order valence-corrected chi connectivity index (χ2v) is 5.75. The van der Waals surface area contributed by atoms with Gasteiger partial charge in [-0.15, -0.1) is 0 Å². The van der Waals surface area contributed by atoms with Crippen molar-refractivity contribution in [2.45, 2.75) is 25.3 Å². The maximum Gasteiger partial charge on any atom is 0.256 e. The summed E-state index contributed by atoms with van der Waals surface area (Å²) in [5.41, 5.74) is 6.07. The molecule has 1 aromatic carbocycles. The second-order valence-electron chi connectivity index (χ2n) is 5.75. The lowest BCUT2D eigenvalue weighted by Crippen LogP contribution is -2.69. The first-order chi connectivity index (χ1) is 8.90. The Labute approximate surface area is 110 Å². The van der Waals surface area contributed by atoms with Gasteiger partial charge in [-0.25, -0.2) is 8.78 Å². The molecule has 2 aliphatic rings. The van der Waals surface area contributed by atoms with Crippen molar-refractivity contribution in [2.75, 3.05) is 13.1 Å². The van der Waals surface area contributed by atoms with E-state index >= 15 is 0 Å². The second kappa shape index (κ2) is 4.00. The molecule has 1 heterocycles. The number of carbonyl (C=O) groups excluding carboxylic acids is 1. The van der Waals surface area contributed by atoms with E-state index < -0.39 is 17.5 Å². The quantitative estimate of drug-likeness (QED) is 0.887. The van der Waals surface area contributed by atoms with Crippen LogP contribution in [0, 0.1) is 24.5 Å². The van der Waals surface area contributed by atoms with E-state index in [1.807, 2.05) is 0 Å². The van der Waals surface area contributed by atoms with Gasteiger partial charge in [-0.1, -0.05) is 0 Å². The summed E-state index contributed by atoms with van der Waals surface area (Å²) in [5.74, 6) is -1.35. The van der Waals surface area contributed by atoms with Crippen molar-refractivity contribution in [2.24, 2.45) is 11.7 Å². The Balaban J connectivity index is 1.77. The van der Waals surface area contributed by atoms with Crippen LogP contribution in [0.3, 0.4) is 0 Å². The van der Waals surface area contributed by atoms with Crippen LogP contribution >= 0.6 is 0 Å².